The third kappa shape index (κ3) is 3.94. The molecule has 3 rings (SSSR count). The molecular weight excluding hydrogens is 332 g/mol. The molecule has 26 heavy (non-hydrogen) atoms. The van der Waals surface area contributed by atoms with Crippen molar-refractivity contribution in [3.8, 4) is 0 Å². The summed E-state index contributed by atoms with van der Waals surface area (Å²) in [5.74, 6) is -0.401. The molecule has 1 aliphatic heterocycles. The number of rotatable bonds is 4. The van der Waals surface area contributed by atoms with Crippen LogP contribution in [0.3, 0.4) is 0 Å². The Bertz CT molecular complexity index is 790. The maximum atomic E-state index is 12.7. The van der Waals surface area contributed by atoms with Crippen molar-refractivity contribution >= 4 is 11.9 Å². The van der Waals surface area contributed by atoms with Crippen molar-refractivity contribution in [1.82, 2.24) is 19.6 Å². The fraction of sp³-hybridized carbons (Fsp3) is 0.421. The van der Waals surface area contributed by atoms with E-state index < -0.39 is 5.97 Å². The Hall–Kier alpha value is -2.67. The van der Waals surface area contributed by atoms with Crippen molar-refractivity contribution in [2.75, 3.05) is 33.3 Å². The number of hydrogen-bond acceptors (Lipinski definition) is 5. The molecule has 2 aromatic rings. The minimum absolute atomic E-state index is 0.00127. The molecule has 1 aromatic heterocycles. The van der Waals surface area contributed by atoms with E-state index in [0.717, 1.165) is 25.3 Å². The Morgan fingerprint density at radius 3 is 2.23 bits per heavy atom. The van der Waals surface area contributed by atoms with Crippen molar-refractivity contribution in [3.63, 3.8) is 0 Å². The molecule has 0 saturated carbocycles. The van der Waals surface area contributed by atoms with Crippen LogP contribution in [0.25, 0.3) is 0 Å². The molecule has 7 nitrogen and oxygen atoms in total. The van der Waals surface area contributed by atoms with Gasteiger partial charge >= 0.3 is 5.97 Å². The molecule has 1 aromatic carbocycles. The number of amides is 1. The van der Waals surface area contributed by atoms with Crippen molar-refractivity contribution in [2.24, 2.45) is 7.05 Å². The first-order valence-electron chi connectivity index (χ1n) is 8.67. The van der Waals surface area contributed by atoms with Gasteiger partial charge in [0.2, 0.25) is 0 Å². The van der Waals surface area contributed by atoms with E-state index in [1.54, 1.807) is 24.3 Å². The maximum Gasteiger partial charge on any atom is 0.337 e. The zero-order valence-corrected chi connectivity index (χ0v) is 15.4. The number of carbonyl (C=O) groups excluding carboxylic acids is 2. The van der Waals surface area contributed by atoms with Crippen LogP contribution in [0.5, 0.6) is 0 Å². The number of carbonyl (C=O) groups is 2. The Labute approximate surface area is 153 Å². The molecular formula is C19H24N4O3. The smallest absolute Gasteiger partial charge is 0.337 e. The van der Waals surface area contributed by atoms with Gasteiger partial charge in [-0.2, -0.15) is 5.10 Å². The van der Waals surface area contributed by atoms with Gasteiger partial charge in [0.05, 0.1) is 18.4 Å². The normalized spacial score (nSPS) is 15.1. The summed E-state index contributed by atoms with van der Waals surface area (Å²) in [4.78, 5) is 28.3. The summed E-state index contributed by atoms with van der Waals surface area (Å²) in [6.45, 7) is 5.93. The third-order valence-electron chi connectivity index (χ3n) is 4.72. The molecule has 0 atom stereocenters. The van der Waals surface area contributed by atoms with Gasteiger partial charge in [0.1, 0.15) is 0 Å². The molecule has 0 unspecified atom stereocenters. The van der Waals surface area contributed by atoms with Crippen molar-refractivity contribution in [1.29, 1.82) is 0 Å². The Kier molecular flexibility index (Phi) is 5.37. The summed E-state index contributed by atoms with van der Waals surface area (Å²) in [6, 6.07) is 6.61. The van der Waals surface area contributed by atoms with Gasteiger partial charge in [-0.05, 0) is 31.2 Å². The second-order valence-corrected chi connectivity index (χ2v) is 6.55. The quantitative estimate of drug-likeness (QED) is 0.776. The largest absolute Gasteiger partial charge is 0.465 e. The Morgan fingerprint density at radius 2 is 1.69 bits per heavy atom. The lowest BCUT2D eigenvalue weighted by Crippen LogP contribution is -2.48. The number of methoxy groups -OCH3 is 1. The molecule has 0 N–H and O–H groups in total. The minimum atomic E-state index is -0.400. The first kappa shape index (κ1) is 18.1. The van der Waals surface area contributed by atoms with Crippen LogP contribution in [-0.2, 0) is 18.3 Å². The summed E-state index contributed by atoms with van der Waals surface area (Å²) in [6.07, 6.45) is 2.05. The van der Waals surface area contributed by atoms with Gasteiger partial charge in [-0.1, -0.05) is 0 Å². The first-order chi connectivity index (χ1) is 12.5. The van der Waals surface area contributed by atoms with Crippen LogP contribution in [0, 0.1) is 6.92 Å². The van der Waals surface area contributed by atoms with Gasteiger partial charge < -0.3 is 9.64 Å². The SMILES string of the molecule is COC(=O)c1ccc(C(=O)N2CCN(Cc3cn(C)nc3C)CC2)cc1. The highest BCUT2D eigenvalue weighted by atomic mass is 16.5. The van der Waals surface area contributed by atoms with Gasteiger partial charge in [-0.15, -0.1) is 0 Å². The van der Waals surface area contributed by atoms with E-state index in [1.807, 2.05) is 23.6 Å². The third-order valence-corrected chi connectivity index (χ3v) is 4.72. The number of aryl methyl sites for hydroxylation is 2. The van der Waals surface area contributed by atoms with E-state index >= 15 is 0 Å². The second kappa shape index (κ2) is 7.70. The molecule has 0 bridgehead atoms. The van der Waals surface area contributed by atoms with E-state index in [1.165, 1.54) is 12.7 Å². The van der Waals surface area contributed by atoms with Crippen LogP contribution in [0.2, 0.25) is 0 Å². The average molecular weight is 356 g/mol. The van der Waals surface area contributed by atoms with Crippen LogP contribution < -0.4 is 0 Å². The standard InChI is InChI=1S/C19H24N4O3/c1-14-17(12-21(2)20-14)13-22-8-10-23(11-9-22)18(24)15-4-6-16(7-5-15)19(25)26-3/h4-7,12H,8-11,13H2,1-3H3. The summed E-state index contributed by atoms with van der Waals surface area (Å²) in [5, 5.41) is 4.38. The van der Waals surface area contributed by atoms with Crippen LogP contribution in [0.15, 0.2) is 30.5 Å². The lowest BCUT2D eigenvalue weighted by atomic mass is 10.1. The van der Waals surface area contributed by atoms with E-state index in [2.05, 4.69) is 20.9 Å². The zero-order chi connectivity index (χ0) is 18.7. The minimum Gasteiger partial charge on any atom is -0.465 e. The number of ether oxygens (including phenoxy) is 1. The lowest BCUT2D eigenvalue weighted by Gasteiger charge is -2.34. The van der Waals surface area contributed by atoms with Gasteiger partial charge in [0, 0.05) is 57.1 Å². The fourth-order valence-electron chi connectivity index (χ4n) is 3.20. The number of piperazine rings is 1. The van der Waals surface area contributed by atoms with Crippen LogP contribution >= 0.6 is 0 Å². The van der Waals surface area contributed by atoms with E-state index in [4.69, 9.17) is 0 Å². The van der Waals surface area contributed by atoms with Gasteiger partial charge in [-0.25, -0.2) is 4.79 Å². The second-order valence-electron chi connectivity index (χ2n) is 6.55. The van der Waals surface area contributed by atoms with Crippen LogP contribution in [0.4, 0.5) is 0 Å². The van der Waals surface area contributed by atoms with Crippen molar-refractivity contribution in [3.05, 3.63) is 52.8 Å². The van der Waals surface area contributed by atoms with E-state index in [0.29, 0.717) is 24.2 Å². The monoisotopic (exact) mass is 356 g/mol. The summed E-state index contributed by atoms with van der Waals surface area (Å²) < 4.78 is 6.51. The molecule has 2 heterocycles. The Morgan fingerprint density at radius 1 is 1.08 bits per heavy atom. The van der Waals surface area contributed by atoms with Crippen LogP contribution in [-0.4, -0.2) is 64.7 Å². The molecule has 138 valence electrons. The zero-order valence-electron chi connectivity index (χ0n) is 15.4. The molecule has 1 saturated heterocycles. The topological polar surface area (TPSA) is 67.7 Å². The van der Waals surface area contributed by atoms with Crippen molar-refractivity contribution in [2.45, 2.75) is 13.5 Å². The molecule has 0 aliphatic carbocycles. The molecule has 0 radical (unpaired) electrons. The van der Waals surface area contributed by atoms with Crippen molar-refractivity contribution < 1.29 is 14.3 Å². The number of aromatic nitrogens is 2. The van der Waals surface area contributed by atoms with Gasteiger partial charge in [0.25, 0.3) is 5.91 Å². The number of hydrogen-bond donors (Lipinski definition) is 0. The molecule has 7 heteroatoms. The average Bonchev–Trinajstić information content (AvgIpc) is 2.98. The van der Waals surface area contributed by atoms with Gasteiger partial charge in [-0.3, -0.25) is 14.4 Å². The summed E-state index contributed by atoms with van der Waals surface area (Å²) >= 11 is 0. The molecule has 0 spiro atoms. The van der Waals surface area contributed by atoms with Gasteiger partial charge in [0.15, 0.2) is 0 Å². The summed E-state index contributed by atoms with van der Waals surface area (Å²) in [7, 11) is 3.27. The maximum absolute atomic E-state index is 12.7. The van der Waals surface area contributed by atoms with Crippen LogP contribution in [0.1, 0.15) is 32.0 Å². The fourth-order valence-corrected chi connectivity index (χ4v) is 3.20. The number of esters is 1. The Balaban J connectivity index is 1.56. The van der Waals surface area contributed by atoms with E-state index in [-0.39, 0.29) is 5.91 Å². The highest BCUT2D eigenvalue weighted by molar-refractivity contribution is 5.96. The number of benzene rings is 1. The first-order valence-corrected chi connectivity index (χ1v) is 8.67. The lowest BCUT2D eigenvalue weighted by molar-refractivity contribution is 0.0596. The molecule has 1 fully saturated rings. The highest BCUT2D eigenvalue weighted by Gasteiger charge is 2.23. The number of nitrogens with zero attached hydrogens (tertiary/aromatic N) is 4. The predicted molar refractivity (Wildman–Crippen MR) is 96.9 cm³/mol. The molecule has 1 aliphatic rings. The molecule has 1 amide bonds. The predicted octanol–water partition coefficient (Wildman–Crippen LogP) is 1.47. The summed E-state index contributed by atoms with van der Waals surface area (Å²) in [5.41, 5.74) is 3.32. The van der Waals surface area contributed by atoms with E-state index in [9.17, 15) is 9.59 Å². The highest BCUT2D eigenvalue weighted by Crippen LogP contribution is 2.14.